The number of amides is 1. The Bertz CT molecular complexity index is 443. The fraction of sp³-hybridized carbons (Fsp3) is 0.917. The van der Waals surface area contributed by atoms with Gasteiger partial charge in [0.2, 0.25) is 15.9 Å². The molecule has 0 aromatic carbocycles. The van der Waals surface area contributed by atoms with Crippen molar-refractivity contribution in [3.05, 3.63) is 0 Å². The normalized spacial score (nSPS) is 26.2. The molecule has 2 aliphatic rings. The van der Waals surface area contributed by atoms with Crippen LogP contribution in [0.2, 0.25) is 0 Å². The molecule has 19 heavy (non-hydrogen) atoms. The Kier molecular flexibility index (Phi) is 4.17. The number of nitrogens with zero attached hydrogens (tertiary/aromatic N) is 1. The zero-order chi connectivity index (χ0) is 14.1. The molecule has 110 valence electrons. The van der Waals surface area contributed by atoms with Crippen molar-refractivity contribution < 1.29 is 17.9 Å². The van der Waals surface area contributed by atoms with Crippen molar-refractivity contribution >= 4 is 15.9 Å². The minimum absolute atomic E-state index is 0.109. The van der Waals surface area contributed by atoms with E-state index < -0.39 is 10.0 Å². The predicted molar refractivity (Wildman–Crippen MR) is 71.1 cm³/mol. The van der Waals surface area contributed by atoms with Gasteiger partial charge < -0.3 is 10.1 Å². The van der Waals surface area contributed by atoms with Crippen LogP contribution in [-0.2, 0) is 19.6 Å². The first-order valence-corrected chi connectivity index (χ1v) is 8.47. The van der Waals surface area contributed by atoms with E-state index in [4.69, 9.17) is 4.74 Å². The molecular formula is C12H22N2O4S. The summed E-state index contributed by atoms with van der Waals surface area (Å²) in [6.45, 7) is 1.41. The van der Waals surface area contributed by atoms with E-state index in [1.54, 1.807) is 0 Å². The second-order valence-electron chi connectivity index (χ2n) is 5.65. The van der Waals surface area contributed by atoms with Crippen molar-refractivity contribution in [2.24, 2.45) is 5.41 Å². The molecule has 0 aromatic heterocycles. The highest BCUT2D eigenvalue weighted by Crippen LogP contribution is 2.48. The van der Waals surface area contributed by atoms with Crippen LogP contribution in [0.1, 0.15) is 25.7 Å². The highest BCUT2D eigenvalue weighted by molar-refractivity contribution is 7.88. The summed E-state index contributed by atoms with van der Waals surface area (Å²) < 4.78 is 29.0. The first-order chi connectivity index (χ1) is 8.83. The minimum atomic E-state index is -3.30. The van der Waals surface area contributed by atoms with Gasteiger partial charge in [0.15, 0.2) is 0 Å². The third-order valence-corrected chi connectivity index (χ3v) is 5.69. The fourth-order valence-corrected chi connectivity index (χ4v) is 3.21. The van der Waals surface area contributed by atoms with Gasteiger partial charge in [0.25, 0.3) is 0 Å². The minimum Gasteiger partial charge on any atom is -0.381 e. The largest absolute Gasteiger partial charge is 0.381 e. The molecule has 1 aliphatic carbocycles. The van der Waals surface area contributed by atoms with E-state index in [1.807, 2.05) is 0 Å². The number of hydrogen-bond acceptors (Lipinski definition) is 4. The van der Waals surface area contributed by atoms with E-state index in [9.17, 15) is 13.2 Å². The van der Waals surface area contributed by atoms with Gasteiger partial charge in [0.1, 0.15) is 0 Å². The molecular weight excluding hydrogens is 268 g/mol. The number of nitrogens with one attached hydrogen (secondary N) is 1. The van der Waals surface area contributed by atoms with Gasteiger partial charge in [0, 0.05) is 26.3 Å². The first kappa shape index (κ1) is 14.7. The Balaban J connectivity index is 1.86. The van der Waals surface area contributed by atoms with Crippen LogP contribution in [0.3, 0.4) is 0 Å². The number of likely N-dealkylation sites (N-methyl/N-ethyl adjacent to an activating group) is 1. The predicted octanol–water partition coefficient (Wildman–Crippen LogP) is -0.0468. The summed E-state index contributed by atoms with van der Waals surface area (Å²) in [7, 11) is -1.89. The fourth-order valence-electron chi connectivity index (χ4n) is 2.86. The van der Waals surface area contributed by atoms with E-state index in [1.165, 1.54) is 7.05 Å². The van der Waals surface area contributed by atoms with Crippen LogP contribution in [0.4, 0.5) is 0 Å². The number of carbonyl (C=O) groups is 1. The average molecular weight is 290 g/mol. The van der Waals surface area contributed by atoms with Gasteiger partial charge >= 0.3 is 0 Å². The van der Waals surface area contributed by atoms with Crippen LogP contribution in [0, 0.1) is 5.41 Å². The Morgan fingerprint density at radius 3 is 2.47 bits per heavy atom. The molecule has 1 N–H and O–H groups in total. The van der Waals surface area contributed by atoms with Gasteiger partial charge in [-0.2, -0.15) is 4.31 Å². The summed E-state index contributed by atoms with van der Waals surface area (Å²) in [5.74, 6) is -0.219. The number of ether oxygens (including phenoxy) is 1. The van der Waals surface area contributed by atoms with Gasteiger partial charge in [-0.3, -0.25) is 4.79 Å². The van der Waals surface area contributed by atoms with Crippen molar-refractivity contribution in [2.45, 2.75) is 31.7 Å². The number of sulfonamides is 1. The summed E-state index contributed by atoms with van der Waals surface area (Å²) in [4.78, 5) is 11.9. The van der Waals surface area contributed by atoms with Crippen molar-refractivity contribution in [1.82, 2.24) is 9.62 Å². The van der Waals surface area contributed by atoms with E-state index >= 15 is 0 Å². The second-order valence-corrected chi connectivity index (χ2v) is 7.74. The third-order valence-electron chi connectivity index (χ3n) is 4.43. The highest BCUT2D eigenvalue weighted by Gasteiger charge is 2.47. The molecule has 0 radical (unpaired) electrons. The summed E-state index contributed by atoms with van der Waals surface area (Å²) in [5.41, 5.74) is 0.192. The Labute approximate surface area is 114 Å². The van der Waals surface area contributed by atoms with E-state index in [0.29, 0.717) is 0 Å². The molecule has 0 aromatic rings. The maximum atomic E-state index is 11.9. The van der Waals surface area contributed by atoms with Gasteiger partial charge in [-0.1, -0.05) is 0 Å². The molecule has 1 aliphatic heterocycles. The lowest BCUT2D eigenvalue weighted by molar-refractivity contribution is -0.127. The van der Waals surface area contributed by atoms with Gasteiger partial charge in [-0.25, -0.2) is 8.42 Å². The summed E-state index contributed by atoms with van der Waals surface area (Å²) in [6.07, 6.45) is 5.18. The van der Waals surface area contributed by atoms with Crippen LogP contribution in [0.25, 0.3) is 0 Å². The van der Waals surface area contributed by atoms with Crippen LogP contribution in [-0.4, -0.2) is 57.7 Å². The summed E-state index contributed by atoms with van der Waals surface area (Å²) >= 11 is 0. The van der Waals surface area contributed by atoms with Gasteiger partial charge in [-0.15, -0.1) is 0 Å². The SMILES string of the molecule is CN(CC(=O)NC1CCC12CCOCC2)S(C)(=O)=O. The lowest BCUT2D eigenvalue weighted by atomic mass is 9.60. The van der Waals surface area contributed by atoms with E-state index in [2.05, 4.69) is 5.32 Å². The van der Waals surface area contributed by atoms with Crippen molar-refractivity contribution in [3.8, 4) is 0 Å². The molecule has 1 saturated carbocycles. The Morgan fingerprint density at radius 2 is 2.00 bits per heavy atom. The number of hydrogen-bond donors (Lipinski definition) is 1. The molecule has 1 amide bonds. The molecule has 1 unspecified atom stereocenters. The molecule has 1 heterocycles. The lowest BCUT2D eigenvalue weighted by Crippen LogP contribution is -2.58. The standard InChI is InChI=1S/C12H22N2O4S/c1-14(19(2,16)17)9-11(15)13-10-3-4-12(10)5-7-18-8-6-12/h10H,3-9H2,1-2H3,(H,13,15). The van der Waals surface area contributed by atoms with Gasteiger partial charge in [-0.05, 0) is 31.1 Å². The Morgan fingerprint density at radius 1 is 1.37 bits per heavy atom. The first-order valence-electron chi connectivity index (χ1n) is 6.62. The molecule has 0 bridgehead atoms. The monoisotopic (exact) mass is 290 g/mol. The van der Waals surface area contributed by atoms with Gasteiger partial charge in [0.05, 0.1) is 12.8 Å². The summed E-state index contributed by atoms with van der Waals surface area (Å²) in [5, 5.41) is 2.98. The third kappa shape index (κ3) is 3.27. The zero-order valence-electron chi connectivity index (χ0n) is 11.5. The van der Waals surface area contributed by atoms with Crippen LogP contribution in [0.5, 0.6) is 0 Å². The molecule has 1 spiro atoms. The van der Waals surface area contributed by atoms with Crippen LogP contribution >= 0.6 is 0 Å². The zero-order valence-corrected chi connectivity index (χ0v) is 12.3. The van der Waals surface area contributed by atoms with Crippen molar-refractivity contribution in [1.29, 1.82) is 0 Å². The molecule has 6 nitrogen and oxygen atoms in total. The maximum absolute atomic E-state index is 11.9. The molecule has 2 fully saturated rings. The van der Waals surface area contributed by atoms with Crippen molar-refractivity contribution in [3.63, 3.8) is 0 Å². The maximum Gasteiger partial charge on any atom is 0.235 e. The Hall–Kier alpha value is -0.660. The lowest BCUT2D eigenvalue weighted by Gasteiger charge is -2.52. The average Bonchev–Trinajstić information content (AvgIpc) is 2.34. The number of carbonyl (C=O) groups excluding carboxylic acids is 1. The topological polar surface area (TPSA) is 75.7 Å². The van der Waals surface area contributed by atoms with E-state index in [-0.39, 0.29) is 23.9 Å². The smallest absolute Gasteiger partial charge is 0.235 e. The second kappa shape index (κ2) is 5.38. The van der Waals surface area contributed by atoms with E-state index in [0.717, 1.165) is 49.5 Å². The highest BCUT2D eigenvalue weighted by atomic mass is 32.2. The van der Waals surface area contributed by atoms with Crippen LogP contribution in [0.15, 0.2) is 0 Å². The molecule has 7 heteroatoms. The molecule has 2 rings (SSSR count). The number of rotatable bonds is 4. The van der Waals surface area contributed by atoms with Crippen LogP contribution < -0.4 is 5.32 Å². The molecule has 1 atom stereocenters. The van der Waals surface area contributed by atoms with Crippen molar-refractivity contribution in [2.75, 3.05) is 33.1 Å². The summed E-state index contributed by atoms with van der Waals surface area (Å²) in [6, 6.07) is 0.178. The molecule has 1 saturated heterocycles. The quantitative estimate of drug-likeness (QED) is 0.788.